The van der Waals surface area contributed by atoms with Crippen LogP contribution in [-0.4, -0.2) is 36.6 Å². The highest BCUT2D eigenvalue weighted by atomic mass is 32.1. The second kappa shape index (κ2) is 6.15. The van der Waals surface area contributed by atoms with Gasteiger partial charge in [0.25, 0.3) is 0 Å². The molecule has 5 nitrogen and oxygen atoms in total. The van der Waals surface area contributed by atoms with Crippen molar-refractivity contribution in [3.8, 4) is 0 Å². The Labute approximate surface area is 111 Å². The van der Waals surface area contributed by atoms with Gasteiger partial charge in [0.05, 0.1) is 11.7 Å². The minimum absolute atomic E-state index is 0.106. The summed E-state index contributed by atoms with van der Waals surface area (Å²) in [5.74, 6) is -0.106. The molecule has 0 spiro atoms. The molecular weight excluding hydrogens is 248 g/mol. The summed E-state index contributed by atoms with van der Waals surface area (Å²) >= 11 is 1.69. The third-order valence-corrected chi connectivity index (χ3v) is 3.96. The number of carbonyl (C=O) groups excluding carboxylic acids is 1. The Morgan fingerprint density at radius 1 is 1.61 bits per heavy atom. The van der Waals surface area contributed by atoms with Gasteiger partial charge < -0.3 is 16.0 Å². The van der Waals surface area contributed by atoms with Crippen molar-refractivity contribution >= 4 is 22.4 Å². The molecule has 1 aromatic rings. The lowest BCUT2D eigenvalue weighted by Gasteiger charge is -2.12. The normalized spacial score (nSPS) is 16.9. The molecule has 6 heteroatoms. The molecule has 3 N–H and O–H groups in total. The van der Waals surface area contributed by atoms with Crippen LogP contribution in [0.3, 0.4) is 0 Å². The van der Waals surface area contributed by atoms with Gasteiger partial charge in [0, 0.05) is 31.4 Å². The van der Waals surface area contributed by atoms with Gasteiger partial charge >= 0.3 is 0 Å². The summed E-state index contributed by atoms with van der Waals surface area (Å²) in [5, 5.41) is 5.98. The van der Waals surface area contributed by atoms with E-state index in [0.717, 1.165) is 30.3 Å². The van der Waals surface area contributed by atoms with Crippen LogP contribution in [0.1, 0.15) is 25.5 Å². The molecule has 1 amide bonds. The molecule has 1 aliphatic rings. The van der Waals surface area contributed by atoms with Gasteiger partial charge in [0.1, 0.15) is 0 Å². The molecule has 1 fully saturated rings. The number of amides is 1. The molecule has 100 valence electrons. The van der Waals surface area contributed by atoms with Crippen LogP contribution in [0.15, 0.2) is 5.38 Å². The molecule has 0 radical (unpaired) electrons. The first-order valence-electron chi connectivity index (χ1n) is 6.39. The molecule has 0 unspecified atom stereocenters. The maximum atomic E-state index is 11.3. The Morgan fingerprint density at radius 3 is 3.00 bits per heavy atom. The Hall–Kier alpha value is -1.14. The summed E-state index contributed by atoms with van der Waals surface area (Å²) in [4.78, 5) is 18.2. The van der Waals surface area contributed by atoms with Gasteiger partial charge in [-0.05, 0) is 19.8 Å². The molecule has 0 bridgehead atoms. The standard InChI is InChI=1S/C12H20N4OS/c1-9(13)11(17)14-5-4-10-8-18-12(15-10)16-6-2-3-7-16/h8-9H,2-7,13H2,1H3,(H,14,17)/t9-/m1/s1. The van der Waals surface area contributed by atoms with E-state index in [1.54, 1.807) is 18.3 Å². The Bertz CT molecular complexity index is 399. The predicted molar refractivity (Wildman–Crippen MR) is 73.9 cm³/mol. The molecule has 1 aliphatic heterocycles. The molecule has 0 aliphatic carbocycles. The summed E-state index contributed by atoms with van der Waals surface area (Å²) in [5.41, 5.74) is 6.52. The topological polar surface area (TPSA) is 71.2 Å². The lowest BCUT2D eigenvalue weighted by Crippen LogP contribution is -2.39. The second-order valence-corrected chi connectivity index (χ2v) is 5.48. The third-order valence-electron chi connectivity index (χ3n) is 3.01. The highest BCUT2D eigenvalue weighted by Gasteiger charge is 2.15. The van der Waals surface area contributed by atoms with Gasteiger partial charge in [-0.25, -0.2) is 4.98 Å². The first-order valence-corrected chi connectivity index (χ1v) is 7.27. The predicted octanol–water partition coefficient (Wildman–Crippen LogP) is 0.749. The monoisotopic (exact) mass is 268 g/mol. The molecule has 1 saturated heterocycles. The van der Waals surface area contributed by atoms with Crippen molar-refractivity contribution < 1.29 is 4.79 Å². The van der Waals surface area contributed by atoms with Crippen LogP contribution < -0.4 is 16.0 Å². The fraction of sp³-hybridized carbons (Fsp3) is 0.667. The van der Waals surface area contributed by atoms with Crippen LogP contribution in [0.25, 0.3) is 0 Å². The second-order valence-electron chi connectivity index (χ2n) is 4.65. The van der Waals surface area contributed by atoms with Crippen molar-refractivity contribution in [3.63, 3.8) is 0 Å². The van der Waals surface area contributed by atoms with Crippen molar-refractivity contribution in [2.45, 2.75) is 32.2 Å². The number of carbonyl (C=O) groups is 1. The fourth-order valence-corrected chi connectivity index (χ4v) is 2.85. The quantitative estimate of drug-likeness (QED) is 0.826. The van der Waals surface area contributed by atoms with Crippen molar-refractivity contribution in [2.75, 3.05) is 24.5 Å². The number of anilines is 1. The van der Waals surface area contributed by atoms with Gasteiger partial charge in [-0.2, -0.15) is 0 Å². The summed E-state index contributed by atoms with van der Waals surface area (Å²) in [6.45, 7) is 4.52. The molecule has 2 rings (SSSR count). The van der Waals surface area contributed by atoms with E-state index in [2.05, 4.69) is 20.6 Å². The molecule has 1 atom stereocenters. The van der Waals surface area contributed by atoms with E-state index in [-0.39, 0.29) is 5.91 Å². The van der Waals surface area contributed by atoms with Crippen LogP contribution in [0.2, 0.25) is 0 Å². The zero-order valence-corrected chi connectivity index (χ0v) is 11.5. The van der Waals surface area contributed by atoms with Gasteiger partial charge in [0.2, 0.25) is 5.91 Å². The Balaban J connectivity index is 1.78. The number of hydrogen-bond donors (Lipinski definition) is 2. The lowest BCUT2D eigenvalue weighted by atomic mass is 10.3. The van der Waals surface area contributed by atoms with Crippen molar-refractivity contribution in [1.29, 1.82) is 0 Å². The SMILES string of the molecule is C[C@@H](N)C(=O)NCCc1csc(N2CCCC2)n1. The summed E-state index contributed by atoms with van der Waals surface area (Å²) < 4.78 is 0. The van der Waals surface area contributed by atoms with Crippen molar-refractivity contribution in [3.05, 3.63) is 11.1 Å². The molecule has 0 aromatic carbocycles. The highest BCUT2D eigenvalue weighted by Crippen LogP contribution is 2.24. The summed E-state index contributed by atoms with van der Waals surface area (Å²) in [6, 6.07) is -0.444. The van der Waals surface area contributed by atoms with E-state index < -0.39 is 6.04 Å². The summed E-state index contributed by atoms with van der Waals surface area (Å²) in [7, 11) is 0. The average molecular weight is 268 g/mol. The summed E-state index contributed by atoms with van der Waals surface area (Å²) in [6.07, 6.45) is 3.29. The zero-order chi connectivity index (χ0) is 13.0. The van der Waals surface area contributed by atoms with Gasteiger partial charge in [-0.1, -0.05) is 0 Å². The maximum Gasteiger partial charge on any atom is 0.236 e. The molecular formula is C12H20N4OS. The van der Waals surface area contributed by atoms with Crippen LogP contribution in [-0.2, 0) is 11.2 Å². The minimum Gasteiger partial charge on any atom is -0.354 e. The number of hydrogen-bond acceptors (Lipinski definition) is 5. The number of nitrogens with one attached hydrogen (secondary N) is 1. The van der Waals surface area contributed by atoms with Crippen LogP contribution in [0.4, 0.5) is 5.13 Å². The molecule has 1 aromatic heterocycles. The third kappa shape index (κ3) is 3.43. The maximum absolute atomic E-state index is 11.3. The van der Waals surface area contributed by atoms with Crippen molar-refractivity contribution in [1.82, 2.24) is 10.3 Å². The number of rotatable bonds is 5. The fourth-order valence-electron chi connectivity index (χ4n) is 1.94. The van der Waals surface area contributed by atoms with E-state index in [1.165, 1.54) is 12.8 Å². The molecule has 18 heavy (non-hydrogen) atoms. The van der Waals surface area contributed by atoms with E-state index in [1.807, 2.05) is 0 Å². The first-order chi connectivity index (χ1) is 8.66. The zero-order valence-electron chi connectivity index (χ0n) is 10.7. The van der Waals surface area contributed by atoms with Crippen LogP contribution in [0, 0.1) is 0 Å². The Morgan fingerprint density at radius 2 is 2.33 bits per heavy atom. The first kappa shape index (κ1) is 13.3. The van der Waals surface area contributed by atoms with Crippen molar-refractivity contribution in [2.24, 2.45) is 5.73 Å². The number of nitrogens with zero attached hydrogens (tertiary/aromatic N) is 2. The van der Waals surface area contributed by atoms with E-state index in [0.29, 0.717) is 6.54 Å². The smallest absolute Gasteiger partial charge is 0.236 e. The van der Waals surface area contributed by atoms with Crippen LogP contribution in [0.5, 0.6) is 0 Å². The lowest BCUT2D eigenvalue weighted by molar-refractivity contribution is -0.121. The number of thiazole rings is 1. The Kier molecular flexibility index (Phi) is 4.54. The van der Waals surface area contributed by atoms with E-state index in [9.17, 15) is 4.79 Å². The van der Waals surface area contributed by atoms with Gasteiger partial charge in [-0.3, -0.25) is 4.79 Å². The molecule has 0 saturated carbocycles. The van der Waals surface area contributed by atoms with Gasteiger partial charge in [-0.15, -0.1) is 11.3 Å². The van der Waals surface area contributed by atoms with Gasteiger partial charge in [0.15, 0.2) is 5.13 Å². The average Bonchev–Trinajstić information content (AvgIpc) is 2.98. The highest BCUT2D eigenvalue weighted by molar-refractivity contribution is 7.13. The van der Waals surface area contributed by atoms with E-state index in [4.69, 9.17) is 5.73 Å². The van der Waals surface area contributed by atoms with Crippen LogP contribution >= 0.6 is 11.3 Å². The largest absolute Gasteiger partial charge is 0.354 e. The minimum atomic E-state index is -0.444. The molecule has 2 heterocycles. The number of aromatic nitrogens is 1. The number of nitrogens with two attached hydrogens (primary N) is 1. The van der Waals surface area contributed by atoms with E-state index >= 15 is 0 Å².